The van der Waals surface area contributed by atoms with Crippen molar-refractivity contribution >= 4 is 102 Å². The van der Waals surface area contributed by atoms with E-state index in [1.54, 1.807) is 0 Å². The van der Waals surface area contributed by atoms with E-state index in [0.717, 1.165) is 0 Å². The van der Waals surface area contributed by atoms with Crippen molar-refractivity contribution in [2.24, 2.45) is 17.4 Å². The smallest absolute Gasteiger partial charge is 0.320 e. The molecule has 29 N–H and O–H groups in total. The standard InChI is InChI=1S/C63H105N19O27/c64-16-3-1-7-34(73-60(103)43(29-86)79-62(105)44-15-18-66-52-39(72-48(91)13-11-33(65)63(106)107)21-32-22-46(89)47(90)23-45(32)82(44)52)53(96)68-24-49(92)71-36(9-5-19-80(108)30-87)57(100)78-42(28-85)61(104)77-41(27-84)55(98)69-25-50(93)70-35-8-2-4-17-67-54(97)40(26-83)76-59(102)38(12-14-51(94)95)75-58(101)37(74-56(35)99)10-6-20-81(109)31-88/h30-47,52,66,83-86,89-90,108-109H,1-29,64-65H2,(H,67,97)(H,68,96)(H,69,98)(H,70,93)(H,71,92)(H,72,91)(H,73,103)(H,74,99)(H,75,101)(H,76,102)(H,77,104)(H,78,100)(H,79,105)(H,94,95)(H,106,107)/p+1. The molecule has 4 fully saturated rings. The number of nitrogens with one attached hydrogen (secondary N) is 15. The molecule has 0 aromatic carbocycles. The fraction of sp³-hybridized carbons (Fsp3) is 0.730. The van der Waals surface area contributed by atoms with Gasteiger partial charge in [0.05, 0.1) is 63.8 Å². The van der Waals surface area contributed by atoms with E-state index in [0.29, 0.717) is 17.7 Å². The molecule has 0 bridgehead atoms. The minimum atomic E-state index is -1.98. The van der Waals surface area contributed by atoms with E-state index < -0.39 is 251 Å². The summed E-state index contributed by atoms with van der Waals surface area (Å²) in [6.45, 7) is -6.73. The number of aliphatic carboxylic acids is 2. The number of carboxylic acid groups (broad SMARTS) is 2. The molecule has 4 rings (SSSR count). The molecule has 0 radical (unpaired) electrons. The van der Waals surface area contributed by atoms with Gasteiger partial charge in [0.1, 0.15) is 60.4 Å². The minimum absolute atomic E-state index is 0.0265. The van der Waals surface area contributed by atoms with Crippen LogP contribution in [-0.4, -0.2) is 332 Å². The molecule has 3 heterocycles. The summed E-state index contributed by atoms with van der Waals surface area (Å²) >= 11 is 0. The normalized spacial score (nSPS) is 24.8. The highest BCUT2D eigenvalue weighted by molar-refractivity contribution is 5.99. The molecule has 3 saturated heterocycles. The van der Waals surface area contributed by atoms with Crippen LogP contribution in [0.4, 0.5) is 0 Å². The average molecular weight is 1560 g/mol. The highest BCUT2D eigenvalue weighted by Crippen LogP contribution is 2.32. The Balaban J connectivity index is 1.43. The number of amides is 15. The van der Waals surface area contributed by atoms with Crippen molar-refractivity contribution in [1.82, 2.24) is 84.6 Å². The maximum atomic E-state index is 14.4. The van der Waals surface area contributed by atoms with Crippen LogP contribution in [0.25, 0.3) is 0 Å². The van der Waals surface area contributed by atoms with Crippen molar-refractivity contribution in [3.8, 4) is 0 Å². The number of rotatable bonds is 42. The maximum Gasteiger partial charge on any atom is 0.320 e. The number of quaternary nitrogens is 1. The molecule has 18 atom stereocenters. The number of hydrogen-bond donors (Lipinski definition) is 27. The average Bonchev–Trinajstić information content (AvgIpc) is 0.748. The van der Waals surface area contributed by atoms with Crippen LogP contribution in [0.1, 0.15) is 116 Å². The first-order valence-corrected chi connectivity index (χ1v) is 35.8. The number of hydrogen-bond acceptors (Lipinski definition) is 28. The minimum Gasteiger partial charge on any atom is -0.481 e. The molecule has 46 heteroatoms. The quantitative estimate of drug-likeness (QED) is 0.0117. The lowest BCUT2D eigenvalue weighted by Crippen LogP contribution is -3.29. The SMILES string of the molecule is NCCCCC(NC(=O)C(CO)NC(=O)C1CCNC2C(NC(=O)CCC(N)C(=O)O)CC3CC(O)C(O)CC3[NH+]12)C(=O)NCC(=O)NC(CCCN(O)C=O)C(=O)NC(CO)C(=O)NC(CO)C(=O)NCC(=O)NC1CCCCNC(=O)C(CO)NC(=O)C(CCC(=O)O)NC(=O)C(CCCN(O)C=O)NC1=O. The van der Waals surface area contributed by atoms with Crippen molar-refractivity contribution < 1.29 is 138 Å². The summed E-state index contributed by atoms with van der Waals surface area (Å²) in [4.78, 5) is 223. The molecule has 15 amide bonds. The Labute approximate surface area is 624 Å². The van der Waals surface area contributed by atoms with E-state index >= 15 is 0 Å². The Morgan fingerprint density at radius 3 is 1.71 bits per heavy atom. The van der Waals surface area contributed by atoms with Gasteiger partial charge in [-0.25, -0.2) is 10.1 Å². The summed E-state index contributed by atoms with van der Waals surface area (Å²) in [7, 11) is 0. The van der Waals surface area contributed by atoms with Crippen LogP contribution >= 0.6 is 0 Å². The fourth-order valence-corrected chi connectivity index (χ4v) is 12.9. The predicted octanol–water partition coefficient (Wildman–Crippen LogP) is -14.7. The number of fused-ring (bicyclic) bond motifs is 3. The topological polar surface area (TPSA) is 724 Å². The third kappa shape index (κ3) is 30.5. The van der Waals surface area contributed by atoms with Gasteiger partial charge in [-0.2, -0.15) is 0 Å². The van der Waals surface area contributed by atoms with Gasteiger partial charge in [-0.1, -0.05) is 0 Å². The van der Waals surface area contributed by atoms with Crippen molar-refractivity contribution in [3.63, 3.8) is 0 Å². The van der Waals surface area contributed by atoms with Crippen molar-refractivity contribution in [3.05, 3.63) is 0 Å². The zero-order chi connectivity index (χ0) is 81.0. The summed E-state index contributed by atoms with van der Waals surface area (Å²) in [5, 5.41) is 135. The lowest BCUT2D eigenvalue weighted by Gasteiger charge is -2.54. The first kappa shape index (κ1) is 91.9. The fourth-order valence-electron chi connectivity index (χ4n) is 12.9. The van der Waals surface area contributed by atoms with E-state index in [4.69, 9.17) is 11.5 Å². The number of unbranched alkanes of at least 4 members (excludes halogenated alkanes) is 1. The number of carbonyl (C=O) groups excluding carboxylic acids is 15. The molecule has 0 spiro atoms. The Morgan fingerprint density at radius 1 is 0.560 bits per heavy atom. The lowest BCUT2D eigenvalue weighted by molar-refractivity contribution is -0.983. The van der Waals surface area contributed by atoms with Gasteiger partial charge in [-0.05, 0) is 96.4 Å². The van der Waals surface area contributed by atoms with Crippen LogP contribution in [0.15, 0.2) is 0 Å². The van der Waals surface area contributed by atoms with Crippen molar-refractivity contribution in [2.75, 3.05) is 72.2 Å². The van der Waals surface area contributed by atoms with Gasteiger partial charge in [0.2, 0.25) is 83.7 Å². The van der Waals surface area contributed by atoms with Crippen molar-refractivity contribution in [2.45, 2.75) is 212 Å². The lowest BCUT2D eigenvalue weighted by atomic mass is 9.72. The number of aliphatic hydroxyl groups excluding tert-OH is 6. The zero-order valence-electron chi connectivity index (χ0n) is 59.9. The number of nitrogens with zero attached hydrogens (tertiary/aromatic N) is 2. The molecule has 1 aliphatic carbocycles. The Morgan fingerprint density at radius 2 is 1.10 bits per heavy atom. The number of nitrogens with two attached hydrogens (primary N) is 2. The molecule has 0 aromatic rings. The summed E-state index contributed by atoms with van der Waals surface area (Å²) < 4.78 is 0. The second kappa shape index (κ2) is 47.4. The molecule has 614 valence electrons. The number of aliphatic hydroxyl groups is 6. The number of carbonyl (C=O) groups is 17. The van der Waals surface area contributed by atoms with Gasteiger partial charge in [0.25, 0.3) is 5.91 Å². The van der Waals surface area contributed by atoms with E-state index in [-0.39, 0.29) is 139 Å². The Bertz CT molecular complexity index is 3130. The molecular formula is C63H106N19O27+. The van der Waals surface area contributed by atoms with Crippen LogP contribution in [0.5, 0.6) is 0 Å². The van der Waals surface area contributed by atoms with Crippen LogP contribution in [0.3, 0.4) is 0 Å². The van der Waals surface area contributed by atoms with Crippen LogP contribution in [0.2, 0.25) is 0 Å². The first-order valence-electron chi connectivity index (χ1n) is 35.8. The zero-order valence-corrected chi connectivity index (χ0v) is 59.9. The molecule has 109 heavy (non-hydrogen) atoms. The summed E-state index contributed by atoms with van der Waals surface area (Å²) in [6, 6.07) is -18.6. The third-order valence-electron chi connectivity index (χ3n) is 18.8. The van der Waals surface area contributed by atoms with Gasteiger partial charge in [0, 0.05) is 57.8 Å². The van der Waals surface area contributed by atoms with Gasteiger partial charge >= 0.3 is 11.9 Å². The molecule has 4 aliphatic rings. The second-order valence-electron chi connectivity index (χ2n) is 26.8. The molecule has 46 nitrogen and oxygen atoms in total. The van der Waals surface area contributed by atoms with Crippen LogP contribution in [-0.2, 0) is 81.5 Å². The monoisotopic (exact) mass is 1560 g/mol. The van der Waals surface area contributed by atoms with E-state index in [2.05, 4.69) is 74.4 Å². The second-order valence-corrected chi connectivity index (χ2v) is 26.8. The molecular weight excluding hydrogens is 1450 g/mol. The number of piperidine rings is 1. The van der Waals surface area contributed by atoms with Gasteiger partial charge in [0.15, 0.2) is 12.2 Å². The number of hydroxylamine groups is 4. The van der Waals surface area contributed by atoms with Crippen LogP contribution < -0.4 is 90.8 Å². The summed E-state index contributed by atoms with van der Waals surface area (Å²) in [6.07, 6.45) is -4.65. The van der Waals surface area contributed by atoms with E-state index in [1.807, 2.05) is 0 Å². The van der Waals surface area contributed by atoms with Crippen molar-refractivity contribution in [1.29, 1.82) is 0 Å². The maximum absolute atomic E-state index is 14.4. The molecule has 1 saturated carbocycles. The summed E-state index contributed by atoms with van der Waals surface area (Å²) in [5.41, 5.74) is 11.3. The highest BCUT2D eigenvalue weighted by Gasteiger charge is 2.56. The third-order valence-corrected chi connectivity index (χ3v) is 18.8. The van der Waals surface area contributed by atoms with Gasteiger partial charge in [-0.15, -0.1) is 0 Å². The molecule has 0 aromatic heterocycles. The van der Waals surface area contributed by atoms with E-state index in [9.17, 15) is 133 Å². The summed E-state index contributed by atoms with van der Waals surface area (Å²) in [5.74, 6) is -16.4. The van der Waals surface area contributed by atoms with Gasteiger partial charge < -0.3 is 126 Å². The Kier molecular flexibility index (Phi) is 40.0. The molecule has 18 unspecified atom stereocenters. The first-order chi connectivity index (χ1) is 51.8. The van der Waals surface area contributed by atoms with E-state index in [1.165, 1.54) is 0 Å². The highest BCUT2D eigenvalue weighted by atomic mass is 16.5. The number of carboxylic acids is 2. The van der Waals surface area contributed by atoms with Crippen LogP contribution in [0, 0.1) is 5.92 Å². The molecule has 3 aliphatic heterocycles. The van der Waals surface area contributed by atoms with Gasteiger partial charge in [-0.3, -0.25) is 97.2 Å². The predicted molar refractivity (Wildman–Crippen MR) is 367 cm³/mol. The largest absolute Gasteiger partial charge is 0.481 e. The Hall–Kier alpha value is -9.49.